The number of likely N-dealkylation sites (N-methyl/N-ethyl adjacent to an activating group) is 3. The molecule has 8 aromatic carbocycles. The van der Waals surface area contributed by atoms with Gasteiger partial charge in [-0.05, 0) is 235 Å². The smallest absolute Gasteiger partial charge is 0.255 e. The lowest BCUT2D eigenvalue weighted by atomic mass is 10.1. The summed E-state index contributed by atoms with van der Waals surface area (Å²) in [5, 5.41) is 43.5. The van der Waals surface area contributed by atoms with Crippen LogP contribution in [0.3, 0.4) is 0 Å². The lowest BCUT2D eigenvalue weighted by molar-refractivity contribution is -0.138. The summed E-state index contributed by atoms with van der Waals surface area (Å²) in [6.07, 6.45) is 20.5. The molecule has 0 bridgehead atoms. The van der Waals surface area contributed by atoms with Crippen LogP contribution in [-0.4, -0.2) is 211 Å². The predicted octanol–water partition coefficient (Wildman–Crippen LogP) is 15.7. The highest BCUT2D eigenvalue weighted by Crippen LogP contribution is 2.45. The van der Waals surface area contributed by atoms with Crippen molar-refractivity contribution in [2.45, 2.75) is 128 Å². The van der Waals surface area contributed by atoms with Crippen LogP contribution in [0, 0.1) is 29.2 Å². The molecular formula is C100H106F4N16O12. The first-order valence-electron chi connectivity index (χ1n) is 43.8. The van der Waals surface area contributed by atoms with Gasteiger partial charge < -0.3 is 59.8 Å². The van der Waals surface area contributed by atoms with Gasteiger partial charge in [-0.15, -0.1) is 0 Å². The van der Waals surface area contributed by atoms with E-state index in [0.29, 0.717) is 189 Å². The number of benzene rings is 8. The molecule has 132 heavy (non-hydrogen) atoms. The molecule has 5 heterocycles. The third kappa shape index (κ3) is 20.5. The summed E-state index contributed by atoms with van der Waals surface area (Å²) < 4.78 is 75.2. The molecule has 4 aromatic heterocycles. The minimum absolute atomic E-state index is 0.00313. The van der Waals surface area contributed by atoms with Gasteiger partial charge in [0.2, 0.25) is 23.6 Å². The molecule has 686 valence electrons. The van der Waals surface area contributed by atoms with Crippen molar-refractivity contribution in [2.75, 3.05) is 75.3 Å². The number of fused-ring (bicyclic) bond motifs is 4. The van der Waals surface area contributed by atoms with Gasteiger partial charge in [0.05, 0.1) is 117 Å². The summed E-state index contributed by atoms with van der Waals surface area (Å²) in [6.45, 7) is 15.2. The zero-order valence-corrected chi connectivity index (χ0v) is 75.5. The number of hydrogen-bond donors (Lipinski definition) is 8. The molecule has 5 aliphatic rings. The van der Waals surface area contributed by atoms with Crippen LogP contribution in [0.4, 0.5) is 17.6 Å². The summed E-state index contributed by atoms with van der Waals surface area (Å²) in [6, 6.07) is 38.1. The fourth-order valence-corrected chi connectivity index (χ4v) is 15.9. The summed E-state index contributed by atoms with van der Waals surface area (Å²) >= 11 is 0. The van der Waals surface area contributed by atoms with Crippen LogP contribution in [-0.2, 0) is 19.2 Å². The van der Waals surface area contributed by atoms with Crippen LogP contribution in [0.5, 0.6) is 23.0 Å². The predicted molar refractivity (Wildman–Crippen MR) is 499 cm³/mol. The zero-order chi connectivity index (χ0) is 94.1. The number of hydrogen-bond acceptors (Lipinski definition) is 16. The minimum Gasteiger partial charge on any atom is -0.495 e. The molecule has 17 rings (SSSR count). The molecule has 12 aromatic rings. The van der Waals surface area contributed by atoms with Gasteiger partial charge in [-0.25, -0.2) is 17.6 Å². The van der Waals surface area contributed by atoms with Crippen LogP contribution in [0.15, 0.2) is 146 Å². The number of likely N-dealkylation sites (tertiary alicyclic amines) is 1. The second-order valence-electron chi connectivity index (χ2n) is 34.1. The van der Waals surface area contributed by atoms with Gasteiger partial charge in [-0.1, -0.05) is 86.7 Å². The van der Waals surface area contributed by atoms with Crippen molar-refractivity contribution < 1.29 is 74.9 Å². The number of carbonyl (C=O) groups excluding carboxylic acids is 8. The lowest BCUT2D eigenvalue weighted by Gasteiger charge is -2.34. The van der Waals surface area contributed by atoms with Crippen LogP contribution in [0.1, 0.15) is 186 Å². The third-order valence-electron chi connectivity index (χ3n) is 24.2. The van der Waals surface area contributed by atoms with Gasteiger partial charge in [0.15, 0.2) is 0 Å². The topological polar surface area (TPSA) is 349 Å². The second-order valence-corrected chi connectivity index (χ2v) is 34.1. The molecule has 4 aliphatic carbocycles. The van der Waals surface area contributed by atoms with Crippen molar-refractivity contribution in [3.63, 3.8) is 0 Å². The number of aromatic amines is 4. The molecule has 0 atom stereocenters. The first-order valence-corrected chi connectivity index (χ1v) is 43.8. The van der Waals surface area contributed by atoms with E-state index in [1.165, 1.54) is 77.0 Å². The maximum absolute atomic E-state index is 13.3. The zero-order valence-electron chi connectivity index (χ0n) is 75.5. The summed E-state index contributed by atoms with van der Waals surface area (Å²) in [7, 11) is 9.52. The third-order valence-corrected chi connectivity index (χ3v) is 24.2. The molecule has 0 unspecified atom stereocenters. The van der Waals surface area contributed by atoms with E-state index in [9.17, 15) is 55.9 Å². The van der Waals surface area contributed by atoms with Gasteiger partial charge in [0, 0.05) is 52.9 Å². The minimum atomic E-state index is -0.863. The van der Waals surface area contributed by atoms with Gasteiger partial charge in [0.25, 0.3) is 23.6 Å². The van der Waals surface area contributed by atoms with Crippen molar-refractivity contribution in [2.24, 2.45) is 5.92 Å². The Kier molecular flexibility index (Phi) is 28.1. The molecule has 5 fully saturated rings. The Morgan fingerprint density at radius 1 is 0.386 bits per heavy atom. The Morgan fingerprint density at radius 2 is 0.652 bits per heavy atom. The molecule has 0 radical (unpaired) electrons. The molecule has 1 aliphatic heterocycles. The number of nitrogens with zero attached hydrogens (tertiary/aromatic N) is 8. The van der Waals surface area contributed by atoms with Crippen molar-refractivity contribution in [3.05, 3.63) is 236 Å². The molecule has 1 saturated heterocycles. The second kappa shape index (κ2) is 39.7. The number of amides is 8. The Bertz CT molecular complexity index is 6270. The van der Waals surface area contributed by atoms with E-state index in [-0.39, 0.29) is 76.6 Å². The monoisotopic (exact) mass is 1800 g/mol. The first kappa shape index (κ1) is 93.4. The molecule has 28 nitrogen and oxygen atoms in total. The van der Waals surface area contributed by atoms with E-state index in [4.69, 9.17) is 18.9 Å². The van der Waals surface area contributed by atoms with Crippen LogP contribution in [0.2, 0.25) is 0 Å². The van der Waals surface area contributed by atoms with E-state index in [2.05, 4.69) is 75.9 Å². The van der Waals surface area contributed by atoms with E-state index >= 15 is 0 Å². The summed E-state index contributed by atoms with van der Waals surface area (Å²) in [4.78, 5) is 111. The van der Waals surface area contributed by atoms with Crippen LogP contribution >= 0.6 is 0 Å². The first-order chi connectivity index (χ1) is 63.4. The Balaban J connectivity index is 0.000000142. The Hall–Kier alpha value is -14.7. The van der Waals surface area contributed by atoms with Gasteiger partial charge in [-0.3, -0.25) is 58.8 Å². The number of H-pyrrole nitrogens is 4. The van der Waals surface area contributed by atoms with Crippen molar-refractivity contribution in [1.29, 1.82) is 0 Å². The SMILES string of the molecule is CCN(CC)C(=O)C1(NC(=O)c2ccc3n[nH]c(/C=C/c4ccc(F)cc4)c3c2OC)CC1.COc1c(C(=O)NC2(C(=O)N(C)C(C)C)CC2)ccc2n[nH]c(/C=C/c3ccc(F)cc3)c12.COc1c(C(=O)NC2(C(=O)N(C)CC(C)C)CC2)ccc2n[nH]c(/C=C/c3ccc(F)cc3)c12.COc1c(C(=O)NC2(C(=O)N3CCC3)CC2)ccc2n[nH]c(/C=C/c3ccc(F)cc3)c12. The standard InChI is InChI=1S/C26H29FN4O3.2C25H27FN4O3.C24H23FN4O3/c1-16(2)15-31(3)25(33)26(13-14-26)28-24(32)19-10-12-21-22(23(19)34-4)20(29-30-21)11-7-17-5-8-18(27)9-6-17;1-15(2)30(3)24(32)25(13-14-25)27-23(31)18-10-12-20-21(22(18)33-4)19(28-29-20)11-7-16-5-8-17(26)9-6-16;1-4-30(5-2)24(32)25(14-15-25)27-23(31)18-11-13-20-21(22(18)33-3)19(28-29-20)12-8-16-6-9-17(26)10-7-16;1-32-21-17(22(30)26-24(11-12-24)23(31)29-13-2-14-29)8-10-19-20(21)18(27-28-19)9-5-15-3-6-16(25)7-4-15/h5-12,16H,13-15H2,1-4H3,(H,28,32)(H,29,30);5-12,15H,13-14H2,1-4H3,(H,27,31)(H,28,29);6-13H,4-5,14-15H2,1-3H3,(H,27,31)(H,28,29);3-10H,2,11-14H2,1H3,(H,26,30)(H,27,28)/b2*11-7+;12-8+;9-5+. The fourth-order valence-electron chi connectivity index (χ4n) is 15.9. The molecule has 32 heteroatoms. The number of carbonyl (C=O) groups is 8. The fraction of sp³-hybridized carbons (Fsp3) is 0.320. The van der Waals surface area contributed by atoms with Crippen LogP contribution in [0.25, 0.3) is 92.2 Å². The van der Waals surface area contributed by atoms with E-state index in [1.54, 1.807) is 149 Å². The van der Waals surface area contributed by atoms with Crippen molar-refractivity contribution in [3.8, 4) is 23.0 Å². The number of ether oxygens (including phenoxy) is 4. The summed E-state index contributed by atoms with van der Waals surface area (Å²) in [5.41, 5.74) is 6.44. The number of nitrogens with one attached hydrogen (secondary N) is 8. The highest BCUT2D eigenvalue weighted by atomic mass is 19.1. The van der Waals surface area contributed by atoms with Crippen LogP contribution < -0.4 is 40.2 Å². The number of rotatable bonds is 29. The largest absolute Gasteiger partial charge is 0.495 e. The average molecular weight is 1800 g/mol. The van der Waals surface area contributed by atoms with Gasteiger partial charge in [0.1, 0.15) is 68.4 Å². The number of methoxy groups -OCH3 is 4. The maximum atomic E-state index is 13.3. The van der Waals surface area contributed by atoms with Crippen molar-refractivity contribution >= 4 is 139 Å². The van der Waals surface area contributed by atoms with Crippen molar-refractivity contribution in [1.82, 2.24) is 81.7 Å². The van der Waals surface area contributed by atoms with E-state index < -0.39 is 22.2 Å². The summed E-state index contributed by atoms with van der Waals surface area (Å²) in [5.74, 6) is -0.986. The molecule has 8 amide bonds. The Labute approximate surface area is 760 Å². The highest BCUT2D eigenvalue weighted by molar-refractivity contribution is 6.12. The van der Waals surface area contributed by atoms with E-state index in [0.717, 1.165) is 41.8 Å². The molecule has 0 spiro atoms. The molecular weight excluding hydrogens is 1690 g/mol. The number of halogens is 4. The highest BCUT2D eigenvalue weighted by Gasteiger charge is 2.56. The van der Waals surface area contributed by atoms with Gasteiger partial charge >= 0.3 is 0 Å². The molecule has 8 N–H and O–H groups in total. The lowest BCUT2D eigenvalue weighted by Crippen LogP contribution is -2.54. The molecule has 4 saturated carbocycles. The average Bonchev–Trinajstić information content (AvgIpc) is 1.60. The van der Waals surface area contributed by atoms with E-state index in [1.807, 2.05) is 58.1 Å². The van der Waals surface area contributed by atoms with Gasteiger partial charge in [-0.2, -0.15) is 20.4 Å². The number of aromatic nitrogens is 8. The Morgan fingerprint density at radius 3 is 0.886 bits per heavy atom. The normalized spacial score (nSPS) is 15.1. The quantitative estimate of drug-likeness (QED) is 0.0202. The maximum Gasteiger partial charge on any atom is 0.255 e.